The predicted molar refractivity (Wildman–Crippen MR) is 73.3 cm³/mol. The molecule has 0 saturated carbocycles. The van der Waals surface area contributed by atoms with Crippen molar-refractivity contribution in [3.63, 3.8) is 0 Å². The third kappa shape index (κ3) is 3.31. The van der Waals surface area contributed by atoms with Crippen molar-refractivity contribution in [1.29, 1.82) is 0 Å². The number of ether oxygens (including phenoxy) is 1. The van der Waals surface area contributed by atoms with Gasteiger partial charge in [-0.15, -0.1) is 0 Å². The van der Waals surface area contributed by atoms with Gasteiger partial charge in [-0.3, -0.25) is 4.79 Å². The minimum absolute atomic E-state index is 0.0430. The number of benzene rings is 1. The summed E-state index contributed by atoms with van der Waals surface area (Å²) in [4.78, 5) is 12.0. The number of morpholine rings is 1. The maximum atomic E-state index is 12.0. The molecule has 5 heteroatoms. The molecule has 98 valence electrons. The van der Waals surface area contributed by atoms with Crippen LogP contribution in [0.2, 0.25) is 0 Å². The van der Waals surface area contributed by atoms with Gasteiger partial charge >= 0.3 is 0 Å². The summed E-state index contributed by atoms with van der Waals surface area (Å²) < 4.78 is 6.42. The van der Waals surface area contributed by atoms with E-state index in [1.807, 2.05) is 31.2 Å². The fourth-order valence-electron chi connectivity index (χ4n) is 1.94. The van der Waals surface area contributed by atoms with Crippen LogP contribution in [0.4, 0.5) is 0 Å². The van der Waals surface area contributed by atoms with E-state index in [1.165, 1.54) is 0 Å². The molecule has 1 saturated heterocycles. The average molecular weight is 313 g/mol. The Morgan fingerprint density at radius 1 is 1.56 bits per heavy atom. The Morgan fingerprint density at radius 3 is 3.00 bits per heavy atom. The minimum atomic E-state index is -0.385. The van der Waals surface area contributed by atoms with Gasteiger partial charge in [-0.2, -0.15) is 0 Å². The van der Waals surface area contributed by atoms with Crippen molar-refractivity contribution in [2.45, 2.75) is 19.1 Å². The SMILES string of the molecule is CC(NC(=O)C1CNCCO1)c1ccccc1Br. The van der Waals surface area contributed by atoms with E-state index in [1.54, 1.807) is 0 Å². The van der Waals surface area contributed by atoms with Gasteiger partial charge in [-0.05, 0) is 18.6 Å². The first-order valence-electron chi connectivity index (χ1n) is 6.05. The first kappa shape index (κ1) is 13.5. The van der Waals surface area contributed by atoms with Crippen molar-refractivity contribution in [1.82, 2.24) is 10.6 Å². The topological polar surface area (TPSA) is 50.4 Å². The van der Waals surface area contributed by atoms with Crippen LogP contribution in [0.3, 0.4) is 0 Å². The lowest BCUT2D eigenvalue weighted by Gasteiger charge is -2.25. The molecule has 2 atom stereocenters. The van der Waals surface area contributed by atoms with E-state index in [9.17, 15) is 4.79 Å². The predicted octanol–water partition coefficient (Wildman–Crippen LogP) is 1.61. The molecule has 0 aliphatic carbocycles. The highest BCUT2D eigenvalue weighted by molar-refractivity contribution is 9.10. The number of halogens is 1. The zero-order valence-electron chi connectivity index (χ0n) is 10.3. The molecule has 18 heavy (non-hydrogen) atoms. The normalized spacial score (nSPS) is 21.3. The summed E-state index contributed by atoms with van der Waals surface area (Å²) in [6, 6.07) is 7.84. The summed E-state index contributed by atoms with van der Waals surface area (Å²) in [7, 11) is 0. The number of hydrogen-bond acceptors (Lipinski definition) is 3. The summed E-state index contributed by atoms with van der Waals surface area (Å²) in [6.07, 6.45) is -0.385. The van der Waals surface area contributed by atoms with E-state index in [0.717, 1.165) is 16.6 Å². The molecular weight excluding hydrogens is 296 g/mol. The Labute approximate surface area is 115 Å². The molecular formula is C13H17BrN2O2. The number of carbonyl (C=O) groups is 1. The van der Waals surface area contributed by atoms with Crippen LogP contribution in [-0.2, 0) is 9.53 Å². The monoisotopic (exact) mass is 312 g/mol. The van der Waals surface area contributed by atoms with Crippen LogP contribution < -0.4 is 10.6 Å². The van der Waals surface area contributed by atoms with Crippen LogP contribution in [0.15, 0.2) is 28.7 Å². The molecule has 1 amide bonds. The molecule has 0 spiro atoms. The van der Waals surface area contributed by atoms with Crippen molar-refractivity contribution in [2.24, 2.45) is 0 Å². The van der Waals surface area contributed by atoms with Crippen molar-refractivity contribution in [3.05, 3.63) is 34.3 Å². The van der Waals surface area contributed by atoms with Crippen molar-refractivity contribution >= 4 is 21.8 Å². The fraction of sp³-hybridized carbons (Fsp3) is 0.462. The largest absolute Gasteiger partial charge is 0.366 e. The summed E-state index contributed by atoms with van der Waals surface area (Å²) in [5.41, 5.74) is 1.06. The van der Waals surface area contributed by atoms with E-state index in [-0.39, 0.29) is 18.1 Å². The molecule has 2 rings (SSSR count). The Bertz CT molecular complexity index is 419. The Kier molecular flexibility index (Phi) is 4.74. The Hall–Kier alpha value is -0.910. The van der Waals surface area contributed by atoms with Gasteiger partial charge in [-0.1, -0.05) is 34.1 Å². The molecule has 1 aliphatic rings. The molecule has 2 N–H and O–H groups in total. The lowest BCUT2D eigenvalue weighted by molar-refractivity contribution is -0.134. The van der Waals surface area contributed by atoms with Crippen molar-refractivity contribution in [2.75, 3.05) is 19.7 Å². The van der Waals surface area contributed by atoms with Gasteiger partial charge in [0.2, 0.25) is 0 Å². The van der Waals surface area contributed by atoms with E-state index in [2.05, 4.69) is 26.6 Å². The molecule has 4 nitrogen and oxygen atoms in total. The zero-order valence-corrected chi connectivity index (χ0v) is 11.9. The summed E-state index contributed by atoms with van der Waals surface area (Å²) >= 11 is 3.49. The number of rotatable bonds is 3. The van der Waals surface area contributed by atoms with Crippen LogP contribution >= 0.6 is 15.9 Å². The van der Waals surface area contributed by atoms with Gasteiger partial charge in [0, 0.05) is 17.6 Å². The van der Waals surface area contributed by atoms with E-state index in [4.69, 9.17) is 4.74 Å². The maximum absolute atomic E-state index is 12.0. The van der Waals surface area contributed by atoms with Gasteiger partial charge in [0.25, 0.3) is 5.91 Å². The van der Waals surface area contributed by atoms with Crippen molar-refractivity contribution in [3.8, 4) is 0 Å². The lowest BCUT2D eigenvalue weighted by atomic mass is 10.1. The molecule has 0 aromatic heterocycles. The van der Waals surface area contributed by atoms with Gasteiger partial charge in [-0.25, -0.2) is 0 Å². The second-order valence-electron chi connectivity index (χ2n) is 4.32. The van der Waals surface area contributed by atoms with Crippen LogP contribution in [0.25, 0.3) is 0 Å². The maximum Gasteiger partial charge on any atom is 0.250 e. The molecule has 2 unspecified atom stereocenters. The fourth-order valence-corrected chi connectivity index (χ4v) is 2.57. The summed E-state index contributed by atoms with van der Waals surface area (Å²) in [5.74, 6) is -0.0644. The second kappa shape index (κ2) is 6.31. The standard InChI is InChI=1S/C13H17BrN2O2/c1-9(10-4-2-3-5-11(10)14)16-13(17)12-8-15-6-7-18-12/h2-5,9,12,15H,6-8H2,1H3,(H,16,17). The van der Waals surface area contributed by atoms with Crippen molar-refractivity contribution < 1.29 is 9.53 Å². The highest BCUT2D eigenvalue weighted by Crippen LogP contribution is 2.22. The quantitative estimate of drug-likeness (QED) is 0.891. The first-order valence-corrected chi connectivity index (χ1v) is 6.85. The van der Waals surface area contributed by atoms with Crippen LogP contribution in [0.5, 0.6) is 0 Å². The van der Waals surface area contributed by atoms with Crippen LogP contribution in [-0.4, -0.2) is 31.7 Å². The number of carbonyl (C=O) groups excluding carboxylic acids is 1. The van der Waals surface area contributed by atoms with Gasteiger partial charge < -0.3 is 15.4 Å². The molecule has 0 radical (unpaired) electrons. The van der Waals surface area contributed by atoms with Gasteiger partial charge in [0.15, 0.2) is 0 Å². The third-order valence-electron chi connectivity index (χ3n) is 2.95. The number of amides is 1. The zero-order chi connectivity index (χ0) is 13.0. The highest BCUT2D eigenvalue weighted by atomic mass is 79.9. The number of nitrogens with one attached hydrogen (secondary N) is 2. The van der Waals surface area contributed by atoms with E-state index < -0.39 is 0 Å². The molecule has 1 aromatic rings. The van der Waals surface area contributed by atoms with Gasteiger partial charge in [0.1, 0.15) is 6.10 Å². The lowest BCUT2D eigenvalue weighted by Crippen LogP contribution is -2.48. The second-order valence-corrected chi connectivity index (χ2v) is 5.17. The molecule has 1 aromatic carbocycles. The molecule has 1 aliphatic heterocycles. The Balaban J connectivity index is 1.96. The van der Waals surface area contributed by atoms with Gasteiger partial charge in [0.05, 0.1) is 12.6 Å². The number of hydrogen-bond donors (Lipinski definition) is 2. The smallest absolute Gasteiger partial charge is 0.250 e. The first-order chi connectivity index (χ1) is 8.68. The minimum Gasteiger partial charge on any atom is -0.366 e. The third-order valence-corrected chi connectivity index (χ3v) is 3.67. The molecule has 1 heterocycles. The van der Waals surface area contributed by atoms with E-state index in [0.29, 0.717) is 13.2 Å². The summed E-state index contributed by atoms with van der Waals surface area (Å²) in [6.45, 7) is 3.94. The summed E-state index contributed by atoms with van der Waals surface area (Å²) in [5, 5.41) is 6.12. The van der Waals surface area contributed by atoms with Crippen LogP contribution in [0, 0.1) is 0 Å². The molecule has 0 bridgehead atoms. The van der Waals surface area contributed by atoms with E-state index >= 15 is 0 Å². The van der Waals surface area contributed by atoms with Crippen LogP contribution in [0.1, 0.15) is 18.5 Å². The average Bonchev–Trinajstić information content (AvgIpc) is 2.40. The Morgan fingerprint density at radius 2 is 2.33 bits per heavy atom. The highest BCUT2D eigenvalue weighted by Gasteiger charge is 2.23. The molecule has 1 fully saturated rings.